The van der Waals surface area contributed by atoms with Crippen LogP contribution in [0.25, 0.3) is 109 Å². The molecule has 52 heavy (non-hydrogen) atoms. The third-order valence-electron chi connectivity index (χ3n) is 10.9. The van der Waals surface area contributed by atoms with Gasteiger partial charge in [-0.25, -0.2) is 14.8 Å². The number of carbonyl (C=O) groups excluding carboxylic acids is 1. The second-order valence-corrected chi connectivity index (χ2v) is 13.2. The lowest BCUT2D eigenvalue weighted by atomic mass is 9.83. The molecule has 0 amide bonds. The molecule has 0 spiro atoms. The first-order valence-electron chi connectivity index (χ1n) is 16.1. The summed E-state index contributed by atoms with van der Waals surface area (Å²) in [5.74, 6) is -0.895. The molecule has 4 aromatic heterocycles. The number of benzene rings is 8. The predicted molar refractivity (Wildman–Crippen MR) is 196 cm³/mol. The van der Waals surface area contributed by atoms with Crippen LogP contribution in [-0.4, -0.2) is 36.3 Å². The minimum Gasteiger partial charge on any atom is -0.478 e. The third kappa shape index (κ3) is 2.86. The Morgan fingerprint density at radius 3 is 1.85 bits per heavy atom. The maximum absolute atomic E-state index is 14.7. The van der Waals surface area contributed by atoms with E-state index in [4.69, 9.17) is 14.7 Å². The maximum Gasteiger partial charge on any atom is 0.335 e. The van der Waals surface area contributed by atoms with Crippen LogP contribution in [0.1, 0.15) is 10.4 Å². The van der Waals surface area contributed by atoms with Crippen molar-refractivity contribution in [2.75, 3.05) is 0 Å². The Kier molecular flexibility index (Phi) is 4.49. The van der Waals surface area contributed by atoms with E-state index in [-0.39, 0.29) is 49.4 Å². The largest absolute Gasteiger partial charge is 0.478 e. The summed E-state index contributed by atoms with van der Waals surface area (Å²) in [6.45, 7) is 0.307. The number of carboxylic acids is 1. The second kappa shape index (κ2) is 8.57. The smallest absolute Gasteiger partial charge is 0.335 e. The predicted octanol–water partition coefficient (Wildman–Crippen LogP) is 5.22. The van der Waals surface area contributed by atoms with Gasteiger partial charge >= 0.3 is 5.97 Å². The summed E-state index contributed by atoms with van der Waals surface area (Å²) in [5.41, 5.74) is 0.635. The van der Waals surface area contributed by atoms with E-state index in [1.807, 2.05) is 0 Å². The van der Waals surface area contributed by atoms with Gasteiger partial charge in [0, 0.05) is 81.5 Å². The first-order valence-corrected chi connectivity index (χ1v) is 16.1. The maximum atomic E-state index is 14.7. The van der Waals surface area contributed by atoms with Crippen molar-refractivity contribution < 1.29 is 19.4 Å². The highest BCUT2D eigenvalue weighted by Crippen LogP contribution is 2.45. The molecule has 12 aromatic rings. The molecule has 0 aliphatic rings. The Morgan fingerprint density at radius 2 is 1.13 bits per heavy atom. The lowest BCUT2D eigenvalue weighted by Crippen LogP contribution is -2.17. The highest BCUT2D eigenvalue weighted by atomic mass is 16.5. The van der Waals surface area contributed by atoms with E-state index in [2.05, 4.69) is 0 Å². The molecule has 8 aromatic carbocycles. The number of carboxylic acid groups (broad SMARTS) is 1. The zero-order chi connectivity index (χ0) is 35.1. The summed E-state index contributed by atoms with van der Waals surface area (Å²) in [4.78, 5) is 90.3. The monoisotopic (exact) mass is 678 g/mol. The van der Waals surface area contributed by atoms with Crippen LogP contribution in [0.4, 0.5) is 0 Å². The van der Waals surface area contributed by atoms with E-state index in [0.29, 0.717) is 88.0 Å². The summed E-state index contributed by atoms with van der Waals surface area (Å²) in [6, 6.07) is 19.0. The number of carbonyl (C=O) groups is 2. The number of nitrogens with zero attached hydrogens (tertiary/aromatic N) is 4. The Bertz CT molecular complexity index is 3930. The molecule has 0 saturated carbocycles. The normalized spacial score (nSPS) is 12.8. The quantitative estimate of drug-likeness (QED) is 0.149. The van der Waals surface area contributed by atoms with E-state index < -0.39 is 17.1 Å². The SMILES string of the molecule is O=COc1ccc2c(c1)nc1c3ccc4c(=O)c5cc6c7c(ccc8c(=O)c9cc(c(=O)n21)c3c4c9c5c87)c(=O)n1c2cc(C(=O)O)ccc2nc61. The number of aromatic carboxylic acids is 1. The highest BCUT2D eigenvalue weighted by molar-refractivity contribution is 6.43. The van der Waals surface area contributed by atoms with E-state index in [9.17, 15) is 33.9 Å². The molecule has 12 nitrogen and oxygen atoms in total. The zero-order valence-corrected chi connectivity index (χ0v) is 26.1. The molecule has 0 radical (unpaired) electrons. The second-order valence-electron chi connectivity index (χ2n) is 13.2. The van der Waals surface area contributed by atoms with Gasteiger partial charge in [0.25, 0.3) is 17.6 Å². The number of pyridine rings is 2. The molecule has 4 heterocycles. The fourth-order valence-electron chi connectivity index (χ4n) is 8.80. The molecule has 12 rings (SSSR count). The molecule has 1 N–H and O–H groups in total. The molecule has 0 aliphatic carbocycles. The van der Waals surface area contributed by atoms with Gasteiger partial charge in [-0.3, -0.25) is 32.8 Å². The minimum atomic E-state index is -1.15. The average Bonchev–Trinajstić information content (AvgIpc) is 3.73. The Balaban J connectivity index is 1.34. The number of imidazole rings is 2. The van der Waals surface area contributed by atoms with Gasteiger partial charge in [-0.1, -0.05) is 0 Å². The Hall–Kier alpha value is -7.60. The molecule has 0 unspecified atom stereocenters. The summed E-state index contributed by atoms with van der Waals surface area (Å²) in [7, 11) is 0. The fraction of sp³-hybridized carbons (Fsp3) is 0. The molecule has 0 aliphatic heterocycles. The number of rotatable bonds is 3. The molecule has 0 atom stereocenters. The number of hydrogen-bond acceptors (Lipinski definition) is 9. The Morgan fingerprint density at radius 1 is 0.558 bits per heavy atom. The lowest BCUT2D eigenvalue weighted by molar-refractivity contribution is -0.120. The molecule has 12 heteroatoms. The summed E-state index contributed by atoms with van der Waals surface area (Å²) in [5, 5.41) is 15.4. The fourth-order valence-corrected chi connectivity index (χ4v) is 8.80. The van der Waals surface area contributed by atoms with Crippen LogP contribution >= 0.6 is 0 Å². The van der Waals surface area contributed by atoms with Crippen LogP contribution in [0.5, 0.6) is 5.75 Å². The first kappa shape index (κ1) is 27.2. The van der Waals surface area contributed by atoms with E-state index >= 15 is 0 Å². The minimum absolute atomic E-state index is 0.00949. The van der Waals surface area contributed by atoms with Gasteiger partial charge in [0.1, 0.15) is 17.0 Å². The van der Waals surface area contributed by atoms with Crippen molar-refractivity contribution in [3.05, 3.63) is 120 Å². The number of aromatic nitrogens is 4. The molecule has 0 saturated heterocycles. The van der Waals surface area contributed by atoms with Crippen molar-refractivity contribution in [1.82, 2.24) is 18.8 Å². The first-order chi connectivity index (χ1) is 25.2. The molecular weight excluding hydrogens is 664 g/mol. The summed E-state index contributed by atoms with van der Waals surface area (Å²) < 4.78 is 7.84. The average molecular weight is 679 g/mol. The van der Waals surface area contributed by atoms with Crippen LogP contribution in [0.2, 0.25) is 0 Å². The van der Waals surface area contributed by atoms with Gasteiger partial charge in [-0.05, 0) is 66.7 Å². The summed E-state index contributed by atoms with van der Waals surface area (Å²) >= 11 is 0. The van der Waals surface area contributed by atoms with Gasteiger partial charge in [0.2, 0.25) is 0 Å². The summed E-state index contributed by atoms with van der Waals surface area (Å²) in [6.07, 6.45) is 0. The van der Waals surface area contributed by atoms with E-state index in [0.717, 1.165) is 0 Å². The Labute approximate surface area is 284 Å². The lowest BCUT2D eigenvalue weighted by Gasteiger charge is -2.19. The number of hydrogen-bond donors (Lipinski definition) is 1. The standard InChI is InChI=1S/C40H14N4O8/c45-13-52-15-2-8-26-25(10-15)42-36-18-5-3-16-30-28(18)23(39(49)43(26)36)12-21-33(30)32-20(34(16)46)11-22-29-19(6-4-17(31(29)32)35(21)47)38(48)44-27-9-14(40(50)51)1-7-24(27)41-37(22)44/h1-13H,(H,50,51). The van der Waals surface area contributed by atoms with Gasteiger partial charge in [0.05, 0.1) is 27.6 Å². The van der Waals surface area contributed by atoms with Crippen molar-refractivity contribution in [3.63, 3.8) is 0 Å². The molecule has 242 valence electrons. The van der Waals surface area contributed by atoms with Crippen molar-refractivity contribution in [2.45, 2.75) is 0 Å². The van der Waals surface area contributed by atoms with Crippen LogP contribution in [-0.2, 0) is 4.79 Å². The van der Waals surface area contributed by atoms with Crippen LogP contribution < -0.4 is 26.7 Å². The van der Waals surface area contributed by atoms with Crippen LogP contribution in [0.3, 0.4) is 0 Å². The van der Waals surface area contributed by atoms with Crippen molar-refractivity contribution in [1.29, 1.82) is 0 Å². The van der Waals surface area contributed by atoms with E-state index in [1.165, 1.54) is 27.0 Å². The van der Waals surface area contributed by atoms with Gasteiger partial charge in [0.15, 0.2) is 10.9 Å². The molecular formula is C40H14N4O8. The number of ether oxygens (including phenoxy) is 1. The molecule has 0 fully saturated rings. The van der Waals surface area contributed by atoms with Crippen molar-refractivity contribution >= 4 is 121 Å². The zero-order valence-electron chi connectivity index (χ0n) is 26.1. The van der Waals surface area contributed by atoms with Gasteiger partial charge < -0.3 is 9.84 Å². The van der Waals surface area contributed by atoms with Crippen LogP contribution in [0, 0.1) is 0 Å². The van der Waals surface area contributed by atoms with Gasteiger partial charge in [-0.15, -0.1) is 0 Å². The van der Waals surface area contributed by atoms with E-state index in [1.54, 1.807) is 54.6 Å². The topological polar surface area (TPSA) is 166 Å². The van der Waals surface area contributed by atoms with Gasteiger partial charge in [-0.2, -0.15) is 0 Å². The van der Waals surface area contributed by atoms with Crippen LogP contribution in [0.15, 0.2) is 92.0 Å². The van der Waals surface area contributed by atoms with Crippen molar-refractivity contribution in [3.8, 4) is 5.75 Å². The molecule has 0 bridgehead atoms. The van der Waals surface area contributed by atoms with Crippen molar-refractivity contribution in [2.24, 2.45) is 0 Å². The highest BCUT2D eigenvalue weighted by Gasteiger charge is 2.28. The third-order valence-corrected chi connectivity index (χ3v) is 10.9. The number of fused-ring (bicyclic) bond motifs is 8.